The first-order chi connectivity index (χ1) is 20.9. The monoisotopic (exact) mass is 614 g/mol. The molecule has 11 heteroatoms. The lowest BCUT2D eigenvalue weighted by Gasteiger charge is -2.26. The van der Waals surface area contributed by atoms with Gasteiger partial charge < -0.3 is 14.0 Å². The highest BCUT2D eigenvalue weighted by Gasteiger charge is 2.35. The quantitative estimate of drug-likeness (QED) is 0.153. The Hall–Kier alpha value is -4.77. The molecule has 0 saturated heterocycles. The van der Waals surface area contributed by atoms with E-state index in [1.165, 1.54) is 17.4 Å². The number of fused-ring (bicyclic) bond motifs is 1. The van der Waals surface area contributed by atoms with E-state index in [1.807, 2.05) is 75.6 Å². The van der Waals surface area contributed by atoms with Crippen molar-refractivity contribution >= 4 is 29.1 Å². The second-order valence-electron chi connectivity index (χ2n) is 10.9. The van der Waals surface area contributed by atoms with Crippen molar-refractivity contribution < 1.29 is 19.2 Å². The molecule has 44 heavy (non-hydrogen) atoms. The molecule has 0 bridgehead atoms. The van der Waals surface area contributed by atoms with Gasteiger partial charge >= 0.3 is 5.97 Å². The van der Waals surface area contributed by atoms with E-state index in [9.17, 15) is 19.7 Å². The summed E-state index contributed by atoms with van der Waals surface area (Å²) in [7, 11) is 0. The Labute approximate surface area is 258 Å². The largest absolute Gasteiger partial charge is 0.491 e. The number of aromatic nitrogens is 2. The van der Waals surface area contributed by atoms with Gasteiger partial charge in [0.15, 0.2) is 4.80 Å². The predicted molar refractivity (Wildman–Crippen MR) is 169 cm³/mol. The number of non-ortho nitro benzene ring substituents is 1. The number of esters is 1. The fraction of sp³-hybridized carbons (Fsp3) is 0.303. The van der Waals surface area contributed by atoms with Crippen molar-refractivity contribution in [3.8, 4) is 11.4 Å². The highest BCUT2D eigenvalue weighted by Crippen LogP contribution is 2.36. The zero-order chi connectivity index (χ0) is 31.9. The van der Waals surface area contributed by atoms with Crippen molar-refractivity contribution in [1.82, 2.24) is 9.13 Å². The number of carbonyl (C=O) groups excluding carboxylic acids is 1. The standard InChI is InChI=1S/C33H34N4O6S/c1-8-42-32(39)29-21(6)34-33-36(30(29)25-11-9-10-12-27(25)43-18(2)3)31(38)28(44-33)17-23-16-20(5)35(22(23)7)26-14-13-24(37(40)41)15-19(26)4/h9-18,30H,8H2,1-7H3/b28-17+/t30-/m1/s1. The number of nitrogens with zero attached hydrogens (tertiary/aromatic N) is 4. The van der Waals surface area contributed by atoms with Crippen LogP contribution in [0.2, 0.25) is 0 Å². The predicted octanol–water partition coefficient (Wildman–Crippen LogP) is 5.21. The molecule has 0 unspecified atom stereocenters. The van der Waals surface area contributed by atoms with Gasteiger partial charge in [-0.3, -0.25) is 19.5 Å². The summed E-state index contributed by atoms with van der Waals surface area (Å²) in [6.45, 7) is 13.2. The van der Waals surface area contributed by atoms with E-state index in [2.05, 4.69) is 4.99 Å². The Morgan fingerprint density at radius 2 is 1.86 bits per heavy atom. The van der Waals surface area contributed by atoms with E-state index in [4.69, 9.17) is 9.47 Å². The molecule has 5 rings (SSSR count). The van der Waals surface area contributed by atoms with E-state index < -0.39 is 16.9 Å². The minimum atomic E-state index is -0.794. The molecule has 2 aromatic heterocycles. The summed E-state index contributed by atoms with van der Waals surface area (Å²) in [6, 6.07) is 13.4. The first-order valence-corrected chi connectivity index (χ1v) is 15.1. The number of nitro benzene ring substituents is 1. The van der Waals surface area contributed by atoms with Gasteiger partial charge in [-0.25, -0.2) is 9.79 Å². The second kappa shape index (κ2) is 12.1. The number of thiazole rings is 1. The third-order valence-corrected chi connectivity index (χ3v) is 8.47. The lowest BCUT2D eigenvalue weighted by atomic mass is 9.95. The third-order valence-electron chi connectivity index (χ3n) is 7.48. The number of rotatable bonds is 8. The minimum absolute atomic E-state index is 0.0300. The molecular formula is C33H34N4O6S. The summed E-state index contributed by atoms with van der Waals surface area (Å²) < 4.78 is 15.6. The van der Waals surface area contributed by atoms with Gasteiger partial charge in [-0.1, -0.05) is 29.5 Å². The van der Waals surface area contributed by atoms with Crippen molar-refractivity contribution in [2.75, 3.05) is 6.61 Å². The SMILES string of the molecule is CCOC(=O)C1=C(C)N=c2s/c(=C/c3cc(C)n(-c4ccc([N+](=O)[O-])cc4C)c3C)c(=O)n2[C@@H]1c1ccccc1OC(C)C. The fourth-order valence-electron chi connectivity index (χ4n) is 5.60. The van der Waals surface area contributed by atoms with Crippen LogP contribution in [-0.2, 0) is 9.53 Å². The van der Waals surface area contributed by atoms with Crippen LogP contribution in [0.5, 0.6) is 5.75 Å². The molecule has 3 heterocycles. The zero-order valence-electron chi connectivity index (χ0n) is 25.7. The number of aryl methyl sites for hydroxylation is 2. The van der Waals surface area contributed by atoms with Crippen molar-refractivity contribution in [3.05, 3.63) is 118 Å². The minimum Gasteiger partial charge on any atom is -0.491 e. The van der Waals surface area contributed by atoms with Gasteiger partial charge in [0.05, 0.1) is 33.4 Å². The number of hydrogen-bond acceptors (Lipinski definition) is 8. The van der Waals surface area contributed by atoms with E-state index in [-0.39, 0.29) is 29.5 Å². The normalized spacial score (nSPS) is 14.9. The fourth-order valence-corrected chi connectivity index (χ4v) is 6.64. The van der Waals surface area contributed by atoms with Gasteiger partial charge in [-0.15, -0.1) is 0 Å². The van der Waals surface area contributed by atoms with Gasteiger partial charge in [-0.05, 0) is 83.9 Å². The Kier molecular flexibility index (Phi) is 8.42. The van der Waals surface area contributed by atoms with Crippen LogP contribution >= 0.6 is 11.3 Å². The number of nitro groups is 1. The van der Waals surface area contributed by atoms with Gasteiger partial charge in [0.1, 0.15) is 11.8 Å². The lowest BCUT2D eigenvalue weighted by molar-refractivity contribution is -0.384. The Bertz CT molecular complexity index is 2010. The summed E-state index contributed by atoms with van der Waals surface area (Å²) in [6.07, 6.45) is 1.71. The van der Waals surface area contributed by atoms with E-state index in [1.54, 1.807) is 30.5 Å². The molecule has 1 atom stereocenters. The van der Waals surface area contributed by atoms with Crippen LogP contribution < -0.4 is 19.6 Å². The molecule has 0 spiro atoms. The number of benzene rings is 2. The van der Waals surface area contributed by atoms with Crippen LogP contribution in [0.1, 0.15) is 61.8 Å². The molecule has 4 aromatic rings. The molecule has 0 fully saturated rings. The number of carbonyl (C=O) groups is 1. The molecule has 0 amide bonds. The van der Waals surface area contributed by atoms with Gasteiger partial charge in [-0.2, -0.15) is 0 Å². The highest BCUT2D eigenvalue weighted by atomic mass is 32.1. The smallest absolute Gasteiger partial charge is 0.338 e. The van der Waals surface area contributed by atoms with Crippen molar-refractivity contribution in [1.29, 1.82) is 0 Å². The molecule has 0 N–H and O–H groups in total. The molecule has 228 valence electrons. The van der Waals surface area contributed by atoms with Crippen LogP contribution in [0.15, 0.2) is 69.6 Å². The van der Waals surface area contributed by atoms with Crippen LogP contribution in [0.3, 0.4) is 0 Å². The zero-order valence-corrected chi connectivity index (χ0v) is 26.5. The van der Waals surface area contributed by atoms with Crippen LogP contribution in [0.4, 0.5) is 5.69 Å². The molecule has 1 aliphatic heterocycles. The number of ether oxygens (including phenoxy) is 2. The van der Waals surface area contributed by atoms with Crippen LogP contribution in [0.25, 0.3) is 11.8 Å². The Balaban J connectivity index is 1.70. The van der Waals surface area contributed by atoms with E-state index in [0.29, 0.717) is 26.3 Å². The van der Waals surface area contributed by atoms with Crippen LogP contribution in [0, 0.1) is 30.9 Å². The highest BCUT2D eigenvalue weighted by molar-refractivity contribution is 7.07. The van der Waals surface area contributed by atoms with E-state index in [0.717, 1.165) is 28.2 Å². The molecule has 1 aliphatic rings. The molecule has 2 aromatic carbocycles. The maximum atomic E-state index is 14.2. The maximum absolute atomic E-state index is 14.2. The first-order valence-electron chi connectivity index (χ1n) is 14.3. The summed E-state index contributed by atoms with van der Waals surface area (Å²) in [5.74, 6) is 0.0370. The molecule has 0 saturated carbocycles. The second-order valence-corrected chi connectivity index (χ2v) is 11.9. The van der Waals surface area contributed by atoms with Crippen molar-refractivity contribution in [3.63, 3.8) is 0 Å². The first kappa shape index (κ1) is 30.7. The average molecular weight is 615 g/mol. The molecule has 10 nitrogen and oxygen atoms in total. The Morgan fingerprint density at radius 3 is 2.52 bits per heavy atom. The van der Waals surface area contributed by atoms with Gasteiger partial charge in [0, 0.05) is 34.8 Å². The summed E-state index contributed by atoms with van der Waals surface area (Å²) >= 11 is 1.25. The van der Waals surface area contributed by atoms with Crippen molar-refractivity contribution in [2.45, 2.75) is 60.6 Å². The van der Waals surface area contributed by atoms with Crippen molar-refractivity contribution in [2.24, 2.45) is 4.99 Å². The summed E-state index contributed by atoms with van der Waals surface area (Å²) in [5, 5.41) is 11.3. The average Bonchev–Trinajstić information content (AvgIpc) is 3.41. The summed E-state index contributed by atoms with van der Waals surface area (Å²) in [5.41, 5.74) is 5.37. The number of para-hydroxylation sites is 1. The van der Waals surface area contributed by atoms with Crippen LogP contribution in [-0.4, -0.2) is 32.7 Å². The third kappa shape index (κ3) is 5.50. The van der Waals surface area contributed by atoms with Gasteiger partial charge in [0.25, 0.3) is 11.2 Å². The number of hydrogen-bond donors (Lipinski definition) is 0. The van der Waals surface area contributed by atoms with E-state index >= 15 is 0 Å². The van der Waals surface area contributed by atoms with Gasteiger partial charge in [0.2, 0.25) is 0 Å². The molecular weight excluding hydrogens is 580 g/mol. The topological polar surface area (TPSA) is 118 Å². The lowest BCUT2D eigenvalue weighted by Crippen LogP contribution is -2.40. The Morgan fingerprint density at radius 1 is 1.14 bits per heavy atom. The molecule has 0 radical (unpaired) electrons. The maximum Gasteiger partial charge on any atom is 0.338 e. The number of allylic oxidation sites excluding steroid dienone is 1. The summed E-state index contributed by atoms with van der Waals surface area (Å²) in [4.78, 5) is 43.5. The molecule has 0 aliphatic carbocycles.